The highest BCUT2D eigenvalue weighted by atomic mass is 32.2. The predicted molar refractivity (Wildman–Crippen MR) is 176 cm³/mol. The van der Waals surface area contributed by atoms with E-state index in [0.29, 0.717) is 55.9 Å². The predicted octanol–water partition coefficient (Wildman–Crippen LogP) is 5.56. The minimum absolute atomic E-state index is 0.210. The Morgan fingerprint density at radius 2 is 1.82 bits per heavy atom. The normalized spacial score (nSPS) is 15.2. The van der Waals surface area contributed by atoms with Crippen molar-refractivity contribution in [3.63, 3.8) is 0 Å². The second-order valence-electron chi connectivity index (χ2n) is 12.2. The highest BCUT2D eigenvalue weighted by molar-refractivity contribution is 7.91. The monoisotopic (exact) mass is 633 g/mol. The van der Waals surface area contributed by atoms with E-state index in [1.54, 1.807) is 24.3 Å². The standard InChI is InChI=1S/C32H39N5O5SSi/c1-5-30(38)35-26-7-6-8-27(19-26)42-32-28-20-29(37(31(28)33-22-34-32)23-41-15-18-44(2,3)4)25-11-9-24(10-12-25)21-36-13-16-43(39,40)17-14-36/h5-12,19-20,22H,1,13-18,21,23H2,2-4H3,(H,35,38). The minimum atomic E-state index is -2.91. The van der Waals surface area contributed by atoms with Gasteiger partial charge >= 0.3 is 0 Å². The van der Waals surface area contributed by atoms with Gasteiger partial charge in [-0.25, -0.2) is 18.4 Å². The lowest BCUT2D eigenvalue weighted by Gasteiger charge is -2.26. The molecule has 10 nitrogen and oxygen atoms in total. The third-order valence-corrected chi connectivity index (χ3v) is 10.8. The van der Waals surface area contributed by atoms with E-state index < -0.39 is 17.9 Å². The first-order valence-electron chi connectivity index (χ1n) is 14.7. The third-order valence-electron chi connectivity index (χ3n) is 7.47. The Labute approximate surface area is 259 Å². The van der Waals surface area contributed by atoms with Crippen LogP contribution in [0.5, 0.6) is 11.6 Å². The van der Waals surface area contributed by atoms with E-state index in [4.69, 9.17) is 9.47 Å². The maximum Gasteiger partial charge on any atom is 0.247 e. The van der Waals surface area contributed by atoms with Gasteiger partial charge in [0.25, 0.3) is 0 Å². The fourth-order valence-electron chi connectivity index (χ4n) is 4.92. The van der Waals surface area contributed by atoms with E-state index in [9.17, 15) is 13.2 Å². The molecule has 1 aliphatic heterocycles. The highest BCUT2D eigenvalue weighted by Crippen LogP contribution is 2.34. The van der Waals surface area contributed by atoms with Crippen LogP contribution in [0, 0.1) is 0 Å². The summed E-state index contributed by atoms with van der Waals surface area (Å²) in [6.07, 6.45) is 2.69. The molecule has 3 heterocycles. The van der Waals surface area contributed by atoms with Crippen molar-refractivity contribution in [1.82, 2.24) is 19.4 Å². The Morgan fingerprint density at radius 3 is 2.52 bits per heavy atom. The first-order valence-corrected chi connectivity index (χ1v) is 20.2. The van der Waals surface area contributed by atoms with Gasteiger partial charge in [-0.1, -0.05) is 56.6 Å². The zero-order chi connectivity index (χ0) is 31.3. The first-order chi connectivity index (χ1) is 21.0. The SMILES string of the molecule is C=CC(=O)Nc1cccc(Oc2ncnc3c2cc(-c2ccc(CN4CCS(=O)(=O)CC4)cc2)n3COCC[Si](C)(C)C)c1. The van der Waals surface area contributed by atoms with Crippen LogP contribution in [-0.4, -0.2) is 73.0 Å². The van der Waals surface area contributed by atoms with Crippen molar-refractivity contribution in [2.75, 3.05) is 36.5 Å². The number of carbonyl (C=O) groups is 1. The Morgan fingerprint density at radius 1 is 1.07 bits per heavy atom. The number of hydrogen-bond donors (Lipinski definition) is 1. The Hall–Kier alpha value is -3.84. The van der Waals surface area contributed by atoms with E-state index in [-0.39, 0.29) is 17.4 Å². The summed E-state index contributed by atoms with van der Waals surface area (Å²) in [6, 6.07) is 18.5. The molecule has 0 spiro atoms. The number of amides is 1. The zero-order valence-electron chi connectivity index (χ0n) is 25.5. The molecule has 0 aliphatic carbocycles. The molecule has 232 valence electrons. The van der Waals surface area contributed by atoms with E-state index in [0.717, 1.165) is 28.3 Å². The van der Waals surface area contributed by atoms with Crippen LogP contribution in [0.3, 0.4) is 0 Å². The Bertz CT molecular complexity index is 1740. The molecule has 0 saturated carbocycles. The van der Waals surface area contributed by atoms with E-state index in [1.165, 1.54) is 12.4 Å². The molecule has 5 rings (SSSR count). The van der Waals surface area contributed by atoms with Crippen LogP contribution in [-0.2, 0) is 32.6 Å². The van der Waals surface area contributed by atoms with Gasteiger partial charge in [-0.3, -0.25) is 9.69 Å². The maximum absolute atomic E-state index is 11.8. The molecule has 1 amide bonds. The number of carbonyl (C=O) groups excluding carboxylic acids is 1. The lowest BCUT2D eigenvalue weighted by atomic mass is 10.1. The summed E-state index contributed by atoms with van der Waals surface area (Å²) < 4.78 is 38.1. The number of nitrogens with zero attached hydrogens (tertiary/aromatic N) is 4. The van der Waals surface area contributed by atoms with E-state index >= 15 is 0 Å². The summed E-state index contributed by atoms with van der Waals surface area (Å²) in [7, 11) is -4.18. The highest BCUT2D eigenvalue weighted by Gasteiger charge is 2.22. The zero-order valence-corrected chi connectivity index (χ0v) is 27.3. The molecule has 0 unspecified atom stereocenters. The van der Waals surface area contributed by atoms with Crippen LogP contribution in [0.25, 0.3) is 22.3 Å². The number of benzene rings is 2. The quantitative estimate of drug-likeness (QED) is 0.123. The van der Waals surface area contributed by atoms with Crippen molar-refractivity contribution in [3.05, 3.63) is 79.1 Å². The second kappa shape index (κ2) is 13.4. The third kappa shape index (κ3) is 8.20. The largest absolute Gasteiger partial charge is 0.438 e. The molecular weight excluding hydrogens is 595 g/mol. The van der Waals surface area contributed by atoms with Gasteiger partial charge in [0, 0.05) is 46.1 Å². The van der Waals surface area contributed by atoms with Gasteiger partial charge in [0.15, 0.2) is 9.84 Å². The molecule has 12 heteroatoms. The number of hydrogen-bond acceptors (Lipinski definition) is 8. The summed E-state index contributed by atoms with van der Waals surface area (Å²) in [4.78, 5) is 23.0. The molecule has 1 saturated heterocycles. The molecule has 0 radical (unpaired) electrons. The molecule has 0 bridgehead atoms. The smallest absolute Gasteiger partial charge is 0.247 e. The summed E-state index contributed by atoms with van der Waals surface area (Å²) in [6.45, 7) is 13.3. The number of sulfone groups is 1. The maximum atomic E-state index is 11.8. The molecule has 4 aromatic rings. The van der Waals surface area contributed by atoms with Gasteiger partial charge in [-0.2, -0.15) is 0 Å². The number of nitrogens with one attached hydrogen (secondary N) is 1. The minimum Gasteiger partial charge on any atom is -0.438 e. The van der Waals surface area contributed by atoms with E-state index in [2.05, 4.69) is 70.7 Å². The van der Waals surface area contributed by atoms with Gasteiger partial charge in [0.05, 0.1) is 22.6 Å². The van der Waals surface area contributed by atoms with Gasteiger partial charge in [0.2, 0.25) is 11.8 Å². The lowest BCUT2D eigenvalue weighted by Crippen LogP contribution is -2.39. The average Bonchev–Trinajstić information content (AvgIpc) is 3.36. The number of anilines is 1. The first kappa shape index (κ1) is 31.6. The topological polar surface area (TPSA) is 116 Å². The van der Waals surface area contributed by atoms with Gasteiger partial charge in [-0.05, 0) is 41.4 Å². The number of rotatable bonds is 12. The van der Waals surface area contributed by atoms with Crippen molar-refractivity contribution < 1.29 is 22.7 Å². The average molecular weight is 634 g/mol. The van der Waals surface area contributed by atoms with E-state index in [1.807, 2.05) is 10.6 Å². The van der Waals surface area contributed by atoms with Crippen molar-refractivity contribution in [3.8, 4) is 22.9 Å². The Balaban J connectivity index is 1.43. The number of fused-ring (bicyclic) bond motifs is 1. The molecule has 2 aromatic heterocycles. The summed E-state index contributed by atoms with van der Waals surface area (Å²) >= 11 is 0. The van der Waals surface area contributed by atoms with Crippen molar-refractivity contribution in [2.45, 2.75) is 39.0 Å². The summed E-state index contributed by atoms with van der Waals surface area (Å²) in [5.41, 5.74) is 4.29. The van der Waals surface area contributed by atoms with Crippen LogP contribution in [0.2, 0.25) is 25.7 Å². The fraction of sp³-hybridized carbons (Fsp3) is 0.344. The molecule has 44 heavy (non-hydrogen) atoms. The summed E-state index contributed by atoms with van der Waals surface area (Å²) in [5, 5.41) is 3.48. The van der Waals surface area contributed by atoms with Crippen molar-refractivity contribution in [2.24, 2.45) is 0 Å². The van der Waals surface area contributed by atoms with Gasteiger partial charge < -0.3 is 19.4 Å². The van der Waals surface area contributed by atoms with Crippen molar-refractivity contribution >= 4 is 40.5 Å². The molecule has 2 aromatic carbocycles. The Kier molecular flexibility index (Phi) is 9.64. The summed E-state index contributed by atoms with van der Waals surface area (Å²) in [5.74, 6) is 1.02. The fourth-order valence-corrected chi connectivity index (χ4v) is 6.95. The van der Waals surface area contributed by atoms with Crippen molar-refractivity contribution in [1.29, 1.82) is 0 Å². The van der Waals surface area contributed by atoms with Gasteiger partial charge in [0.1, 0.15) is 24.5 Å². The van der Waals surface area contributed by atoms with Crippen LogP contribution in [0.15, 0.2) is 73.6 Å². The molecule has 1 aliphatic rings. The molecule has 1 fully saturated rings. The van der Waals surface area contributed by atoms with Gasteiger partial charge in [-0.15, -0.1) is 0 Å². The number of aromatic nitrogens is 3. The number of ether oxygens (including phenoxy) is 2. The lowest BCUT2D eigenvalue weighted by molar-refractivity contribution is -0.111. The van der Waals surface area contributed by atoms with Crippen LogP contribution >= 0.6 is 0 Å². The molecular formula is C32H39N5O5SSi. The second-order valence-corrected chi connectivity index (χ2v) is 20.1. The molecule has 0 atom stereocenters. The molecule has 1 N–H and O–H groups in total. The van der Waals surface area contributed by atoms with Crippen LogP contribution in [0.1, 0.15) is 5.56 Å². The van der Waals surface area contributed by atoms with Crippen LogP contribution < -0.4 is 10.1 Å². The van der Waals surface area contributed by atoms with Crippen LogP contribution in [0.4, 0.5) is 5.69 Å².